The first-order valence-corrected chi connectivity index (χ1v) is 6.44. The minimum atomic E-state index is -1.30. The van der Waals surface area contributed by atoms with Crippen LogP contribution in [0.1, 0.15) is 12.7 Å². The quantitative estimate of drug-likeness (QED) is 0.496. The van der Waals surface area contributed by atoms with E-state index in [9.17, 15) is 19.7 Å². The average molecular weight is 316 g/mol. The number of hydrogen-bond donors (Lipinski definition) is 2. The zero-order valence-electron chi connectivity index (χ0n) is 12.0. The molecular formula is C15H12N2O6. The number of rotatable bonds is 5. The summed E-state index contributed by atoms with van der Waals surface area (Å²) in [7, 11) is 0. The second-order valence-corrected chi connectivity index (χ2v) is 4.55. The standard InChI is InChI=1S/C15H12N2O6/c1-9(18)16-13(15(19)20)8-12-6-7-14(23-12)10-2-4-11(5-3-10)17(21)22/h2-8H,1H3,(H,16,18)(H,19,20). The van der Waals surface area contributed by atoms with Crippen LogP contribution in [-0.4, -0.2) is 21.9 Å². The topological polar surface area (TPSA) is 123 Å². The number of non-ortho nitro benzene ring substituents is 1. The van der Waals surface area contributed by atoms with Gasteiger partial charge >= 0.3 is 5.97 Å². The fourth-order valence-corrected chi connectivity index (χ4v) is 1.82. The van der Waals surface area contributed by atoms with Crippen LogP contribution < -0.4 is 5.32 Å². The third-order valence-electron chi connectivity index (χ3n) is 2.82. The Bertz CT molecular complexity index is 789. The summed E-state index contributed by atoms with van der Waals surface area (Å²) >= 11 is 0. The molecule has 0 spiro atoms. The number of furan rings is 1. The lowest BCUT2D eigenvalue weighted by atomic mass is 10.1. The average Bonchev–Trinajstić information content (AvgIpc) is 2.94. The molecule has 1 amide bonds. The molecule has 0 aliphatic heterocycles. The number of hydrogen-bond acceptors (Lipinski definition) is 5. The van der Waals surface area contributed by atoms with Crippen LogP contribution in [0, 0.1) is 10.1 Å². The highest BCUT2D eigenvalue weighted by Crippen LogP contribution is 2.25. The normalized spacial score (nSPS) is 11.1. The number of nitrogens with one attached hydrogen (secondary N) is 1. The number of carboxylic acid groups (broad SMARTS) is 1. The van der Waals surface area contributed by atoms with Gasteiger partial charge < -0.3 is 14.8 Å². The fraction of sp³-hybridized carbons (Fsp3) is 0.0667. The number of aliphatic carboxylic acids is 1. The van der Waals surface area contributed by atoms with Gasteiger partial charge in [-0.05, 0) is 24.3 Å². The predicted octanol–water partition coefficient (Wildman–Crippen LogP) is 2.42. The minimum absolute atomic E-state index is 0.0424. The fourth-order valence-electron chi connectivity index (χ4n) is 1.82. The van der Waals surface area contributed by atoms with E-state index in [4.69, 9.17) is 9.52 Å². The van der Waals surface area contributed by atoms with Gasteiger partial charge in [0.15, 0.2) is 0 Å². The van der Waals surface area contributed by atoms with Gasteiger partial charge in [0.05, 0.1) is 4.92 Å². The van der Waals surface area contributed by atoms with Crippen molar-refractivity contribution in [2.24, 2.45) is 0 Å². The van der Waals surface area contributed by atoms with Crippen LogP contribution in [0.15, 0.2) is 46.5 Å². The van der Waals surface area contributed by atoms with Gasteiger partial charge in [0, 0.05) is 30.7 Å². The molecule has 2 N–H and O–H groups in total. The van der Waals surface area contributed by atoms with Gasteiger partial charge in [-0.2, -0.15) is 0 Å². The maximum absolute atomic E-state index is 11.0. The monoisotopic (exact) mass is 316 g/mol. The van der Waals surface area contributed by atoms with Gasteiger partial charge in [-0.3, -0.25) is 14.9 Å². The van der Waals surface area contributed by atoms with Crippen LogP contribution >= 0.6 is 0 Å². The molecule has 0 aliphatic carbocycles. The molecule has 2 rings (SSSR count). The minimum Gasteiger partial charge on any atom is -0.477 e. The van der Waals surface area contributed by atoms with Gasteiger partial charge in [0.25, 0.3) is 5.69 Å². The molecule has 0 saturated heterocycles. The Kier molecular flexibility index (Phi) is 4.55. The molecule has 8 nitrogen and oxygen atoms in total. The van der Waals surface area contributed by atoms with Crippen LogP contribution in [0.3, 0.4) is 0 Å². The van der Waals surface area contributed by atoms with E-state index in [1.165, 1.54) is 43.3 Å². The molecule has 0 fully saturated rings. The van der Waals surface area contributed by atoms with E-state index in [2.05, 4.69) is 5.32 Å². The largest absolute Gasteiger partial charge is 0.477 e. The third-order valence-corrected chi connectivity index (χ3v) is 2.82. The molecule has 0 radical (unpaired) electrons. The Labute approximate surface area is 130 Å². The highest BCUT2D eigenvalue weighted by molar-refractivity contribution is 5.96. The van der Waals surface area contributed by atoms with Crippen LogP contribution in [0.2, 0.25) is 0 Å². The van der Waals surface area contributed by atoms with Crippen LogP contribution in [0.5, 0.6) is 0 Å². The summed E-state index contributed by atoms with van der Waals surface area (Å²) in [5.74, 6) is -1.17. The number of nitrogens with zero attached hydrogens (tertiary/aromatic N) is 1. The van der Waals surface area contributed by atoms with Crippen molar-refractivity contribution in [2.75, 3.05) is 0 Å². The van der Waals surface area contributed by atoms with Crippen molar-refractivity contribution in [1.82, 2.24) is 5.32 Å². The molecule has 2 aromatic rings. The molecule has 118 valence electrons. The zero-order chi connectivity index (χ0) is 17.0. The van der Waals surface area contributed by atoms with Crippen LogP contribution in [0.4, 0.5) is 5.69 Å². The van der Waals surface area contributed by atoms with E-state index in [1.54, 1.807) is 6.07 Å². The Balaban J connectivity index is 2.27. The van der Waals surface area contributed by atoms with Crippen molar-refractivity contribution < 1.29 is 24.0 Å². The van der Waals surface area contributed by atoms with Gasteiger partial charge in [0.1, 0.15) is 17.2 Å². The Morgan fingerprint density at radius 1 is 1.22 bits per heavy atom. The number of nitro benzene ring substituents is 1. The number of benzene rings is 1. The molecule has 0 unspecified atom stereocenters. The molecule has 1 aromatic heterocycles. The summed E-state index contributed by atoms with van der Waals surface area (Å²) in [4.78, 5) is 32.1. The van der Waals surface area contributed by atoms with Crippen molar-refractivity contribution in [1.29, 1.82) is 0 Å². The van der Waals surface area contributed by atoms with Gasteiger partial charge in [-0.25, -0.2) is 4.79 Å². The van der Waals surface area contributed by atoms with Crippen molar-refractivity contribution in [3.8, 4) is 11.3 Å². The van der Waals surface area contributed by atoms with Crippen molar-refractivity contribution in [2.45, 2.75) is 6.92 Å². The van der Waals surface area contributed by atoms with Crippen molar-refractivity contribution >= 4 is 23.6 Å². The first kappa shape index (κ1) is 16.0. The maximum Gasteiger partial charge on any atom is 0.352 e. The Hall–Kier alpha value is -3.42. The number of carbonyl (C=O) groups is 2. The Morgan fingerprint density at radius 3 is 2.39 bits per heavy atom. The molecule has 1 aromatic carbocycles. The Morgan fingerprint density at radius 2 is 1.87 bits per heavy atom. The molecule has 0 aliphatic rings. The molecule has 0 bridgehead atoms. The molecule has 0 saturated carbocycles. The van der Waals surface area contributed by atoms with E-state index in [0.717, 1.165) is 0 Å². The smallest absolute Gasteiger partial charge is 0.352 e. The zero-order valence-corrected chi connectivity index (χ0v) is 12.0. The SMILES string of the molecule is CC(=O)NC(=Cc1ccc(-c2ccc([N+](=O)[O-])cc2)o1)C(=O)O. The summed E-state index contributed by atoms with van der Waals surface area (Å²) in [5.41, 5.74) is 0.244. The molecular weight excluding hydrogens is 304 g/mol. The van der Waals surface area contributed by atoms with E-state index in [0.29, 0.717) is 11.3 Å². The molecule has 8 heteroatoms. The van der Waals surface area contributed by atoms with Crippen molar-refractivity contribution in [3.63, 3.8) is 0 Å². The van der Waals surface area contributed by atoms with E-state index >= 15 is 0 Å². The highest BCUT2D eigenvalue weighted by atomic mass is 16.6. The van der Waals surface area contributed by atoms with Gasteiger partial charge in [-0.15, -0.1) is 0 Å². The molecule has 23 heavy (non-hydrogen) atoms. The molecule has 0 atom stereocenters. The lowest BCUT2D eigenvalue weighted by Crippen LogP contribution is -2.24. The van der Waals surface area contributed by atoms with Gasteiger partial charge in [-0.1, -0.05) is 0 Å². The van der Waals surface area contributed by atoms with E-state index in [1.807, 2.05) is 0 Å². The number of nitro groups is 1. The summed E-state index contributed by atoms with van der Waals surface area (Å²) in [6.07, 6.45) is 1.18. The van der Waals surface area contributed by atoms with Crippen LogP contribution in [-0.2, 0) is 9.59 Å². The highest BCUT2D eigenvalue weighted by Gasteiger charge is 2.12. The first-order valence-electron chi connectivity index (χ1n) is 6.44. The summed E-state index contributed by atoms with van der Waals surface area (Å²) < 4.78 is 5.47. The van der Waals surface area contributed by atoms with Crippen molar-refractivity contribution in [3.05, 3.63) is 58.0 Å². The number of carboxylic acids is 1. The lowest BCUT2D eigenvalue weighted by molar-refractivity contribution is -0.384. The molecule has 1 heterocycles. The summed E-state index contributed by atoms with van der Waals surface area (Å²) in [6.45, 7) is 1.20. The number of carbonyl (C=O) groups excluding carboxylic acids is 1. The second kappa shape index (κ2) is 6.56. The lowest BCUT2D eigenvalue weighted by Gasteiger charge is -2.01. The maximum atomic E-state index is 11.0. The number of amides is 1. The summed E-state index contributed by atoms with van der Waals surface area (Å²) in [6, 6.07) is 8.86. The van der Waals surface area contributed by atoms with E-state index < -0.39 is 16.8 Å². The third kappa shape index (κ3) is 4.03. The van der Waals surface area contributed by atoms with Crippen LogP contribution in [0.25, 0.3) is 17.4 Å². The second-order valence-electron chi connectivity index (χ2n) is 4.55. The first-order chi connectivity index (χ1) is 10.9. The predicted molar refractivity (Wildman–Crippen MR) is 80.2 cm³/mol. The van der Waals surface area contributed by atoms with E-state index in [-0.39, 0.29) is 17.1 Å². The summed E-state index contributed by atoms with van der Waals surface area (Å²) in [5, 5.41) is 21.8. The van der Waals surface area contributed by atoms with Gasteiger partial charge in [0.2, 0.25) is 5.91 Å².